The molecule has 1 aromatic heterocycles. The van der Waals surface area contributed by atoms with Crippen LogP contribution in [0.25, 0.3) is 0 Å². The smallest absolute Gasteiger partial charge is 0.271 e. The minimum atomic E-state index is -0.276. The van der Waals surface area contributed by atoms with Crippen molar-refractivity contribution in [1.82, 2.24) is 15.8 Å². The predicted octanol–water partition coefficient (Wildman–Crippen LogP) is 1.69. The van der Waals surface area contributed by atoms with Gasteiger partial charge in [-0.2, -0.15) is 0 Å². The summed E-state index contributed by atoms with van der Waals surface area (Å²) in [5.74, 6) is -0.276. The average Bonchev–Trinajstić information content (AvgIpc) is 2.46. The lowest BCUT2D eigenvalue weighted by Gasteiger charge is -2.09. The van der Waals surface area contributed by atoms with Crippen LogP contribution in [0.15, 0.2) is 54.9 Å². The first-order chi connectivity index (χ1) is 8.77. The highest BCUT2D eigenvalue weighted by Gasteiger charge is 2.05. The van der Waals surface area contributed by atoms with Crippen molar-refractivity contribution in [2.45, 2.75) is 0 Å². The van der Waals surface area contributed by atoms with Gasteiger partial charge in [0.1, 0.15) is 4.99 Å². The number of hydrazine groups is 1. The van der Waals surface area contributed by atoms with E-state index in [0.29, 0.717) is 10.6 Å². The number of amides is 1. The van der Waals surface area contributed by atoms with Gasteiger partial charge in [0, 0.05) is 18.0 Å². The van der Waals surface area contributed by atoms with E-state index in [4.69, 9.17) is 12.2 Å². The van der Waals surface area contributed by atoms with Crippen LogP contribution in [-0.4, -0.2) is 15.9 Å². The van der Waals surface area contributed by atoms with Gasteiger partial charge in [-0.05, 0) is 12.1 Å². The van der Waals surface area contributed by atoms with E-state index in [-0.39, 0.29) is 5.91 Å². The van der Waals surface area contributed by atoms with E-state index in [1.54, 1.807) is 18.3 Å². The summed E-state index contributed by atoms with van der Waals surface area (Å²) in [6, 6.07) is 12.8. The molecule has 0 saturated heterocycles. The lowest BCUT2D eigenvalue weighted by molar-refractivity contribution is 0.0944. The Kier molecular flexibility index (Phi) is 3.98. The van der Waals surface area contributed by atoms with Gasteiger partial charge in [0.05, 0.1) is 5.56 Å². The molecule has 0 atom stereocenters. The second kappa shape index (κ2) is 5.88. The third kappa shape index (κ3) is 3.11. The average molecular weight is 257 g/mol. The number of hydrogen-bond donors (Lipinski definition) is 2. The monoisotopic (exact) mass is 257 g/mol. The zero-order valence-corrected chi connectivity index (χ0v) is 10.3. The molecule has 90 valence electrons. The highest BCUT2D eigenvalue weighted by atomic mass is 32.1. The lowest BCUT2D eigenvalue weighted by atomic mass is 10.2. The summed E-state index contributed by atoms with van der Waals surface area (Å²) in [5.41, 5.74) is 6.55. The first-order valence-electron chi connectivity index (χ1n) is 5.33. The van der Waals surface area contributed by atoms with Gasteiger partial charge in [-0.1, -0.05) is 42.5 Å². The normalized spacial score (nSPS) is 9.56. The van der Waals surface area contributed by atoms with E-state index in [1.165, 1.54) is 6.20 Å². The number of nitrogens with zero attached hydrogens (tertiary/aromatic N) is 1. The molecule has 2 N–H and O–H groups in total. The summed E-state index contributed by atoms with van der Waals surface area (Å²) >= 11 is 5.15. The maximum absolute atomic E-state index is 11.7. The van der Waals surface area contributed by atoms with Crippen molar-refractivity contribution in [3.8, 4) is 0 Å². The predicted molar refractivity (Wildman–Crippen MR) is 73.0 cm³/mol. The molecule has 0 unspecified atom stereocenters. The molecule has 5 heteroatoms. The van der Waals surface area contributed by atoms with Crippen LogP contribution in [-0.2, 0) is 0 Å². The van der Waals surface area contributed by atoms with Gasteiger partial charge in [0.15, 0.2) is 0 Å². The topological polar surface area (TPSA) is 54.0 Å². The minimum Gasteiger partial charge on any atom is -0.287 e. The molecule has 18 heavy (non-hydrogen) atoms. The Labute approximate surface area is 110 Å². The van der Waals surface area contributed by atoms with E-state index in [1.807, 2.05) is 30.3 Å². The largest absolute Gasteiger partial charge is 0.287 e. The number of hydrogen-bond acceptors (Lipinski definition) is 3. The van der Waals surface area contributed by atoms with Crippen molar-refractivity contribution >= 4 is 23.1 Å². The summed E-state index contributed by atoms with van der Waals surface area (Å²) in [6.45, 7) is 0. The molecule has 2 rings (SSSR count). The Morgan fingerprint density at radius 2 is 1.72 bits per heavy atom. The second-order valence-electron chi connectivity index (χ2n) is 3.52. The summed E-state index contributed by atoms with van der Waals surface area (Å²) < 4.78 is 0. The van der Waals surface area contributed by atoms with Crippen molar-refractivity contribution in [3.05, 3.63) is 66.0 Å². The third-order valence-electron chi connectivity index (χ3n) is 2.25. The van der Waals surface area contributed by atoms with Crippen LogP contribution in [0.5, 0.6) is 0 Å². The van der Waals surface area contributed by atoms with Crippen molar-refractivity contribution in [2.24, 2.45) is 0 Å². The molecule has 2 aromatic rings. The van der Waals surface area contributed by atoms with E-state index in [0.717, 1.165) is 5.56 Å². The van der Waals surface area contributed by atoms with Crippen LogP contribution in [0.4, 0.5) is 0 Å². The van der Waals surface area contributed by atoms with E-state index >= 15 is 0 Å². The SMILES string of the molecule is O=C(NNC(=S)c1ccccc1)c1cccnc1. The molecular weight excluding hydrogens is 246 g/mol. The van der Waals surface area contributed by atoms with Gasteiger partial charge in [-0.15, -0.1) is 0 Å². The fourth-order valence-corrected chi connectivity index (χ4v) is 1.53. The van der Waals surface area contributed by atoms with Gasteiger partial charge >= 0.3 is 0 Å². The highest BCUT2D eigenvalue weighted by Crippen LogP contribution is 1.99. The van der Waals surface area contributed by atoms with Crippen LogP contribution in [0.1, 0.15) is 15.9 Å². The summed E-state index contributed by atoms with van der Waals surface area (Å²) in [5, 5.41) is 0. The Balaban J connectivity index is 1.93. The molecule has 0 aliphatic heterocycles. The molecule has 4 nitrogen and oxygen atoms in total. The van der Waals surface area contributed by atoms with Crippen LogP contribution in [0.3, 0.4) is 0 Å². The first-order valence-corrected chi connectivity index (χ1v) is 5.74. The first kappa shape index (κ1) is 12.2. The van der Waals surface area contributed by atoms with E-state index in [2.05, 4.69) is 15.8 Å². The summed E-state index contributed by atoms with van der Waals surface area (Å²) in [4.78, 5) is 16.0. The van der Waals surface area contributed by atoms with Gasteiger partial charge in [0.2, 0.25) is 0 Å². The van der Waals surface area contributed by atoms with Crippen molar-refractivity contribution in [3.63, 3.8) is 0 Å². The van der Waals surface area contributed by atoms with Gasteiger partial charge in [-0.3, -0.25) is 20.6 Å². The number of nitrogens with one attached hydrogen (secondary N) is 2. The number of rotatable bonds is 2. The minimum absolute atomic E-state index is 0.276. The quantitative estimate of drug-likeness (QED) is 0.635. The van der Waals surface area contributed by atoms with Crippen molar-refractivity contribution < 1.29 is 4.79 Å². The fraction of sp³-hybridized carbons (Fsp3) is 0. The number of pyridine rings is 1. The number of aromatic nitrogens is 1. The number of carbonyl (C=O) groups is 1. The van der Waals surface area contributed by atoms with E-state index < -0.39 is 0 Å². The van der Waals surface area contributed by atoms with Crippen molar-refractivity contribution in [1.29, 1.82) is 0 Å². The van der Waals surface area contributed by atoms with Crippen LogP contribution in [0.2, 0.25) is 0 Å². The van der Waals surface area contributed by atoms with Crippen molar-refractivity contribution in [2.75, 3.05) is 0 Å². The van der Waals surface area contributed by atoms with Gasteiger partial charge in [0.25, 0.3) is 5.91 Å². The fourth-order valence-electron chi connectivity index (χ4n) is 1.34. The zero-order valence-electron chi connectivity index (χ0n) is 9.46. The van der Waals surface area contributed by atoms with Crippen LogP contribution < -0.4 is 10.9 Å². The Bertz CT molecular complexity index is 491. The maximum atomic E-state index is 11.7. The summed E-state index contributed by atoms with van der Waals surface area (Å²) in [7, 11) is 0. The molecule has 0 radical (unpaired) electrons. The molecule has 1 aromatic carbocycles. The molecular formula is C13H11N3OS. The second-order valence-corrected chi connectivity index (χ2v) is 3.92. The van der Waals surface area contributed by atoms with Gasteiger partial charge < -0.3 is 0 Å². The molecule has 0 fully saturated rings. The Morgan fingerprint density at radius 1 is 1.00 bits per heavy atom. The highest BCUT2D eigenvalue weighted by molar-refractivity contribution is 7.80. The maximum Gasteiger partial charge on any atom is 0.271 e. The van der Waals surface area contributed by atoms with Crippen LogP contribution in [0, 0.1) is 0 Å². The number of benzene rings is 1. The van der Waals surface area contributed by atoms with E-state index in [9.17, 15) is 4.79 Å². The zero-order chi connectivity index (χ0) is 12.8. The van der Waals surface area contributed by atoms with Crippen LogP contribution >= 0.6 is 12.2 Å². The molecule has 0 aliphatic rings. The molecule has 0 spiro atoms. The van der Waals surface area contributed by atoms with Gasteiger partial charge in [-0.25, -0.2) is 0 Å². The lowest BCUT2D eigenvalue weighted by Crippen LogP contribution is -2.41. The molecule has 0 bridgehead atoms. The third-order valence-corrected chi connectivity index (χ3v) is 2.59. The molecule has 1 amide bonds. The molecule has 1 heterocycles. The molecule has 0 aliphatic carbocycles. The summed E-state index contributed by atoms with van der Waals surface area (Å²) in [6.07, 6.45) is 3.10. The standard InChI is InChI=1S/C13H11N3OS/c17-12(11-7-4-8-14-9-11)15-16-13(18)10-5-2-1-3-6-10/h1-9H,(H,15,17)(H,16,18). The number of thiocarbonyl (C=S) groups is 1. The Hall–Kier alpha value is -2.27. The number of carbonyl (C=O) groups excluding carboxylic acids is 1. The molecule has 0 saturated carbocycles. The Morgan fingerprint density at radius 3 is 2.39 bits per heavy atom.